The summed E-state index contributed by atoms with van der Waals surface area (Å²) in [5, 5.41) is 16.8. The van der Waals surface area contributed by atoms with Crippen LogP contribution in [0.15, 0.2) is 30.3 Å². The largest absolute Gasteiger partial charge is 0.480 e. The number of carboxylic acids is 1. The number of carbonyl (C=O) groups is 6. The number of imide groups is 1. The molecule has 2 unspecified atom stereocenters. The quantitative estimate of drug-likeness (QED) is 0.238. The summed E-state index contributed by atoms with van der Waals surface area (Å²) in [6, 6.07) is 3.57. The van der Waals surface area contributed by atoms with Crippen LogP contribution in [0.3, 0.4) is 0 Å². The SMILES string of the molecule is CCOC(=O)C(NC(=O)[C@H](NC(=O)N1CCN(CC)C(=O)C1=O)c1ccccc1)C1N[C@@H](C(=O)O)C(C)(C)S1. The number of likely N-dealkylation sites (N-methyl/N-ethyl adjacent to an activating group) is 1. The van der Waals surface area contributed by atoms with Gasteiger partial charge in [-0.1, -0.05) is 30.3 Å². The number of thioether (sulfide) groups is 1. The minimum Gasteiger partial charge on any atom is -0.480 e. The molecule has 39 heavy (non-hydrogen) atoms. The van der Waals surface area contributed by atoms with Crippen molar-refractivity contribution < 1.29 is 38.6 Å². The fraction of sp³-hybridized carbons (Fsp3) is 0.520. The normalized spacial score (nSPS) is 22.2. The zero-order valence-corrected chi connectivity index (χ0v) is 22.9. The van der Waals surface area contributed by atoms with Crippen LogP contribution in [0.1, 0.15) is 39.3 Å². The summed E-state index contributed by atoms with van der Waals surface area (Å²) < 4.78 is 4.34. The van der Waals surface area contributed by atoms with Gasteiger partial charge in [-0.3, -0.25) is 29.4 Å². The Labute approximate surface area is 230 Å². The summed E-state index contributed by atoms with van der Waals surface area (Å²) >= 11 is 1.17. The van der Waals surface area contributed by atoms with Crippen molar-refractivity contribution in [3.05, 3.63) is 35.9 Å². The summed E-state index contributed by atoms with van der Waals surface area (Å²) in [4.78, 5) is 78.2. The predicted octanol–water partition coefficient (Wildman–Crippen LogP) is 0.0702. The molecule has 0 aromatic heterocycles. The van der Waals surface area contributed by atoms with Gasteiger partial charge in [0.25, 0.3) is 0 Å². The van der Waals surface area contributed by atoms with Gasteiger partial charge in [0.05, 0.1) is 12.0 Å². The van der Waals surface area contributed by atoms with Crippen molar-refractivity contribution in [3.63, 3.8) is 0 Å². The van der Waals surface area contributed by atoms with Crippen LogP contribution in [0.2, 0.25) is 0 Å². The Morgan fingerprint density at radius 3 is 2.33 bits per heavy atom. The van der Waals surface area contributed by atoms with E-state index in [0.717, 1.165) is 4.90 Å². The summed E-state index contributed by atoms with van der Waals surface area (Å²) in [5.41, 5.74) is 0.354. The Hall–Kier alpha value is -3.65. The van der Waals surface area contributed by atoms with Crippen molar-refractivity contribution in [3.8, 4) is 0 Å². The Morgan fingerprint density at radius 1 is 1.10 bits per heavy atom. The van der Waals surface area contributed by atoms with Crippen molar-refractivity contribution in [2.75, 3.05) is 26.2 Å². The van der Waals surface area contributed by atoms with Crippen LogP contribution < -0.4 is 16.0 Å². The second-order valence-electron chi connectivity index (χ2n) is 9.45. The van der Waals surface area contributed by atoms with Crippen molar-refractivity contribution in [1.29, 1.82) is 0 Å². The number of hydrogen-bond donors (Lipinski definition) is 4. The Kier molecular flexibility index (Phi) is 9.56. The minimum atomic E-state index is -1.35. The molecule has 0 aliphatic carbocycles. The van der Waals surface area contributed by atoms with Crippen LogP contribution >= 0.6 is 11.8 Å². The van der Waals surface area contributed by atoms with E-state index < -0.39 is 63.9 Å². The Bertz CT molecular complexity index is 1130. The number of benzene rings is 1. The predicted molar refractivity (Wildman–Crippen MR) is 140 cm³/mol. The fourth-order valence-electron chi connectivity index (χ4n) is 4.37. The molecule has 2 aliphatic rings. The van der Waals surface area contributed by atoms with E-state index in [0.29, 0.717) is 12.1 Å². The molecule has 0 bridgehead atoms. The molecule has 1 aromatic rings. The molecule has 0 radical (unpaired) electrons. The maximum Gasteiger partial charge on any atom is 0.331 e. The van der Waals surface area contributed by atoms with Gasteiger partial charge < -0.3 is 25.4 Å². The molecule has 2 aliphatic heterocycles. The molecule has 4 atom stereocenters. The fourth-order valence-corrected chi connectivity index (χ4v) is 5.85. The molecule has 1 aromatic carbocycles. The number of aliphatic carboxylic acids is 1. The van der Waals surface area contributed by atoms with Gasteiger partial charge in [-0.2, -0.15) is 0 Å². The van der Waals surface area contributed by atoms with E-state index in [1.54, 1.807) is 58.0 Å². The molecule has 14 heteroatoms. The Balaban J connectivity index is 1.86. The first-order valence-corrected chi connectivity index (χ1v) is 13.4. The highest BCUT2D eigenvalue weighted by molar-refractivity contribution is 8.01. The lowest BCUT2D eigenvalue weighted by Crippen LogP contribution is -2.60. The van der Waals surface area contributed by atoms with Crippen molar-refractivity contribution in [1.82, 2.24) is 25.8 Å². The zero-order valence-electron chi connectivity index (χ0n) is 22.1. The number of rotatable bonds is 9. The smallest absolute Gasteiger partial charge is 0.331 e. The number of amides is 5. The van der Waals surface area contributed by atoms with E-state index in [2.05, 4.69) is 16.0 Å². The van der Waals surface area contributed by atoms with Gasteiger partial charge in [0.1, 0.15) is 12.1 Å². The average molecular weight is 564 g/mol. The topological polar surface area (TPSA) is 174 Å². The molecule has 5 amide bonds. The van der Waals surface area contributed by atoms with Crippen molar-refractivity contribution in [2.45, 2.75) is 55.9 Å². The van der Waals surface area contributed by atoms with Gasteiger partial charge in [0, 0.05) is 24.4 Å². The minimum absolute atomic E-state index is 0.0209. The number of urea groups is 1. The molecule has 0 saturated carbocycles. The molecular weight excluding hydrogens is 530 g/mol. The number of esters is 1. The molecule has 13 nitrogen and oxygen atoms in total. The molecular formula is C25H33N5O8S. The third-order valence-corrected chi connectivity index (χ3v) is 7.95. The van der Waals surface area contributed by atoms with Crippen LogP contribution in [0.25, 0.3) is 0 Å². The lowest BCUT2D eigenvalue weighted by molar-refractivity contribution is -0.153. The summed E-state index contributed by atoms with van der Waals surface area (Å²) in [5.74, 6) is -4.52. The van der Waals surface area contributed by atoms with Gasteiger partial charge in [-0.15, -0.1) is 11.8 Å². The molecule has 212 valence electrons. The van der Waals surface area contributed by atoms with Gasteiger partial charge in [-0.25, -0.2) is 9.59 Å². The van der Waals surface area contributed by atoms with Crippen LogP contribution in [-0.4, -0.2) is 99.0 Å². The molecule has 2 fully saturated rings. The number of carbonyl (C=O) groups excluding carboxylic acids is 5. The van der Waals surface area contributed by atoms with Crippen molar-refractivity contribution in [2.24, 2.45) is 0 Å². The number of carboxylic acid groups (broad SMARTS) is 1. The highest BCUT2D eigenvalue weighted by Gasteiger charge is 2.50. The van der Waals surface area contributed by atoms with Crippen LogP contribution in [0.5, 0.6) is 0 Å². The van der Waals surface area contributed by atoms with E-state index in [1.165, 1.54) is 16.7 Å². The average Bonchev–Trinajstić information content (AvgIpc) is 3.22. The molecule has 2 heterocycles. The number of piperazine rings is 1. The zero-order chi connectivity index (χ0) is 28.9. The summed E-state index contributed by atoms with van der Waals surface area (Å²) in [7, 11) is 0. The number of nitrogens with one attached hydrogen (secondary N) is 3. The van der Waals surface area contributed by atoms with Gasteiger partial charge in [-0.05, 0) is 33.3 Å². The second-order valence-corrected chi connectivity index (χ2v) is 11.2. The van der Waals surface area contributed by atoms with Gasteiger partial charge >= 0.3 is 29.8 Å². The van der Waals surface area contributed by atoms with Crippen LogP contribution in [0, 0.1) is 0 Å². The van der Waals surface area contributed by atoms with Crippen LogP contribution in [0.4, 0.5) is 4.79 Å². The van der Waals surface area contributed by atoms with E-state index in [9.17, 15) is 33.9 Å². The van der Waals surface area contributed by atoms with Crippen molar-refractivity contribution >= 4 is 47.5 Å². The first-order chi connectivity index (χ1) is 18.4. The summed E-state index contributed by atoms with van der Waals surface area (Å²) in [6.45, 7) is 7.17. The Morgan fingerprint density at radius 2 is 1.77 bits per heavy atom. The lowest BCUT2D eigenvalue weighted by Gasteiger charge is -2.33. The third kappa shape index (κ3) is 6.68. The molecule has 0 spiro atoms. The maximum atomic E-state index is 13.6. The lowest BCUT2D eigenvalue weighted by atomic mass is 10.0. The number of nitrogens with zero attached hydrogens (tertiary/aromatic N) is 2. The number of ether oxygens (including phenoxy) is 1. The summed E-state index contributed by atoms with van der Waals surface area (Å²) in [6.07, 6.45) is 0. The van der Waals surface area contributed by atoms with Crippen LogP contribution in [-0.2, 0) is 28.7 Å². The molecule has 2 saturated heterocycles. The first-order valence-electron chi connectivity index (χ1n) is 12.5. The molecule has 3 rings (SSSR count). The second kappa shape index (κ2) is 12.5. The van der Waals surface area contributed by atoms with Gasteiger partial charge in [0.2, 0.25) is 5.91 Å². The van der Waals surface area contributed by atoms with Gasteiger partial charge in [0.15, 0.2) is 6.04 Å². The number of hydrogen-bond acceptors (Lipinski definition) is 9. The first kappa shape index (κ1) is 29.9. The highest BCUT2D eigenvalue weighted by Crippen LogP contribution is 2.39. The maximum absolute atomic E-state index is 13.6. The third-order valence-electron chi connectivity index (χ3n) is 6.44. The molecule has 4 N–H and O–H groups in total. The highest BCUT2D eigenvalue weighted by atomic mass is 32.2. The van der Waals surface area contributed by atoms with E-state index in [4.69, 9.17) is 4.74 Å². The van der Waals surface area contributed by atoms with E-state index in [1.807, 2.05) is 0 Å². The van der Waals surface area contributed by atoms with E-state index >= 15 is 0 Å². The standard InChI is InChI=1S/C25H33N5O8S/c1-5-29-12-13-30(21(33)20(29)32)24(37)27-15(14-10-8-7-9-11-14)18(31)26-16(23(36)38-6-2)19-28-17(22(34)35)25(3,4)39-19/h7-11,15-17,19,28H,5-6,12-13H2,1-4H3,(H,26,31)(H,27,37)(H,34,35)/t15-,16?,17+,19?/m1/s1. The monoisotopic (exact) mass is 563 g/mol. The van der Waals surface area contributed by atoms with E-state index in [-0.39, 0.29) is 19.7 Å².